The van der Waals surface area contributed by atoms with E-state index in [0.29, 0.717) is 9.88 Å². The summed E-state index contributed by atoms with van der Waals surface area (Å²) in [6.07, 6.45) is -1.95. The second kappa shape index (κ2) is 7.83. The van der Waals surface area contributed by atoms with Gasteiger partial charge in [-0.1, -0.05) is 6.07 Å². The Morgan fingerprint density at radius 3 is 2.61 bits per heavy atom. The molecule has 0 amide bonds. The van der Waals surface area contributed by atoms with E-state index in [9.17, 15) is 21.6 Å². The van der Waals surface area contributed by atoms with Crippen LogP contribution in [0.4, 0.5) is 19.0 Å². The minimum Gasteiger partial charge on any atom is -0.417 e. The van der Waals surface area contributed by atoms with Gasteiger partial charge in [0, 0.05) is 0 Å². The first-order chi connectivity index (χ1) is 13.1. The third-order valence-corrected chi connectivity index (χ3v) is 5.55. The number of hydrogen-bond acceptors (Lipinski definition) is 8. The highest BCUT2D eigenvalue weighted by Gasteiger charge is 2.23. The molecule has 0 aliphatic heterocycles. The molecule has 0 aliphatic carbocycles. The van der Waals surface area contributed by atoms with Crippen molar-refractivity contribution >= 4 is 27.2 Å². The fourth-order valence-electron chi connectivity index (χ4n) is 2.17. The topological polar surface area (TPSA) is 102 Å². The Bertz CT molecular complexity index is 1070. The van der Waals surface area contributed by atoms with Crippen LogP contribution in [0.1, 0.15) is 36.1 Å². The summed E-state index contributed by atoms with van der Waals surface area (Å²) in [5.74, 6) is -0.286. The van der Waals surface area contributed by atoms with Crippen molar-refractivity contribution in [2.45, 2.75) is 26.1 Å². The van der Waals surface area contributed by atoms with Crippen molar-refractivity contribution in [2.24, 2.45) is 0 Å². The molecule has 1 atom stereocenters. The van der Waals surface area contributed by atoms with E-state index in [1.54, 1.807) is 0 Å². The van der Waals surface area contributed by atoms with E-state index in [4.69, 9.17) is 4.42 Å². The molecule has 0 aromatic carbocycles. The van der Waals surface area contributed by atoms with Crippen LogP contribution in [0.3, 0.4) is 0 Å². The highest BCUT2D eigenvalue weighted by Crippen LogP contribution is 2.29. The van der Waals surface area contributed by atoms with Gasteiger partial charge in [-0.05, 0) is 19.1 Å². The maximum atomic E-state index is 13.2. The van der Waals surface area contributed by atoms with Crippen molar-refractivity contribution in [3.05, 3.63) is 41.0 Å². The minimum atomic E-state index is -3.83. The Morgan fingerprint density at radius 2 is 2.00 bits per heavy atom. The van der Waals surface area contributed by atoms with Crippen LogP contribution in [0, 0.1) is 0 Å². The van der Waals surface area contributed by atoms with Gasteiger partial charge < -0.3 is 4.42 Å². The van der Waals surface area contributed by atoms with Crippen molar-refractivity contribution < 1.29 is 26.0 Å². The fraction of sp³-hybridized carbons (Fsp3) is 0.333. The maximum absolute atomic E-state index is 13.2. The molecule has 0 spiro atoms. The SMILES string of the molecule is CC(F)c1nnc(-c2cnc(CN(c3cccc(C(F)F)n3)S(C)(=O)=O)s2)o1. The normalized spacial score (nSPS) is 13.1. The predicted molar refractivity (Wildman–Crippen MR) is 95.1 cm³/mol. The van der Waals surface area contributed by atoms with Crippen LogP contribution in [0.2, 0.25) is 0 Å². The Morgan fingerprint density at radius 1 is 1.25 bits per heavy atom. The molecule has 3 aromatic heterocycles. The number of pyridine rings is 1. The summed E-state index contributed by atoms with van der Waals surface area (Å²) in [7, 11) is -3.83. The van der Waals surface area contributed by atoms with Crippen molar-refractivity contribution in [1.82, 2.24) is 20.2 Å². The number of sulfonamides is 1. The number of nitrogens with zero attached hydrogens (tertiary/aromatic N) is 5. The Kier molecular flexibility index (Phi) is 5.65. The van der Waals surface area contributed by atoms with E-state index in [2.05, 4.69) is 20.2 Å². The molecule has 3 rings (SSSR count). The molecular weight excluding hydrogens is 419 g/mol. The van der Waals surface area contributed by atoms with Crippen LogP contribution in [-0.4, -0.2) is 34.8 Å². The summed E-state index contributed by atoms with van der Waals surface area (Å²) < 4.78 is 69.4. The minimum absolute atomic E-state index is 0.0481. The molecule has 0 fully saturated rings. The van der Waals surface area contributed by atoms with E-state index in [-0.39, 0.29) is 24.1 Å². The summed E-state index contributed by atoms with van der Waals surface area (Å²) >= 11 is 1.05. The van der Waals surface area contributed by atoms with Crippen molar-refractivity contribution in [3.63, 3.8) is 0 Å². The molecule has 0 saturated carbocycles. The van der Waals surface area contributed by atoms with Crippen LogP contribution in [-0.2, 0) is 16.6 Å². The largest absolute Gasteiger partial charge is 0.417 e. The van der Waals surface area contributed by atoms with Gasteiger partial charge in [-0.25, -0.2) is 35.9 Å². The molecular formula is C15H14F3N5O3S2. The lowest BCUT2D eigenvalue weighted by Gasteiger charge is -2.20. The number of thiazole rings is 1. The van der Waals surface area contributed by atoms with Crippen molar-refractivity contribution in [3.8, 4) is 10.8 Å². The van der Waals surface area contributed by atoms with Gasteiger partial charge in [-0.15, -0.1) is 21.5 Å². The van der Waals surface area contributed by atoms with Crippen LogP contribution in [0.5, 0.6) is 0 Å². The highest BCUT2D eigenvalue weighted by atomic mass is 32.2. The molecule has 13 heteroatoms. The van der Waals surface area contributed by atoms with Crippen LogP contribution in [0.25, 0.3) is 10.8 Å². The molecule has 8 nitrogen and oxygen atoms in total. The van der Waals surface area contributed by atoms with Gasteiger partial charge in [0.1, 0.15) is 21.4 Å². The average molecular weight is 433 g/mol. The Labute approximate surface area is 162 Å². The number of alkyl halides is 3. The second-order valence-electron chi connectivity index (χ2n) is 5.67. The van der Waals surface area contributed by atoms with Gasteiger partial charge in [0.15, 0.2) is 6.17 Å². The third-order valence-electron chi connectivity index (χ3n) is 3.46. The standard InChI is InChI=1S/C15H14F3N5O3S2/c1-8(16)14-21-22-15(26-14)10-6-19-12(27-10)7-23(28(2,24)25)11-5-3-4-9(20-11)13(17)18/h3-6,8,13H,7H2,1-2H3. The predicted octanol–water partition coefficient (Wildman–Crippen LogP) is 3.52. The number of hydrogen-bond donors (Lipinski definition) is 0. The lowest BCUT2D eigenvalue weighted by molar-refractivity contribution is 0.146. The average Bonchev–Trinajstić information content (AvgIpc) is 3.28. The summed E-state index contributed by atoms with van der Waals surface area (Å²) in [6, 6.07) is 3.72. The van der Waals surface area contributed by atoms with E-state index >= 15 is 0 Å². The Balaban J connectivity index is 1.88. The smallest absolute Gasteiger partial charge is 0.280 e. The van der Waals surface area contributed by atoms with Gasteiger partial charge in [0.05, 0.1) is 19.0 Å². The zero-order valence-electron chi connectivity index (χ0n) is 14.6. The number of halogens is 3. The second-order valence-corrected chi connectivity index (χ2v) is 8.69. The molecule has 3 heterocycles. The van der Waals surface area contributed by atoms with Gasteiger partial charge >= 0.3 is 0 Å². The van der Waals surface area contributed by atoms with Crippen molar-refractivity contribution in [1.29, 1.82) is 0 Å². The zero-order valence-corrected chi connectivity index (χ0v) is 16.2. The molecule has 28 heavy (non-hydrogen) atoms. The molecule has 0 radical (unpaired) electrons. The first-order valence-corrected chi connectivity index (χ1v) is 10.5. The van der Waals surface area contributed by atoms with Crippen molar-refractivity contribution in [2.75, 3.05) is 10.6 Å². The molecule has 150 valence electrons. The number of anilines is 1. The van der Waals surface area contributed by atoms with Gasteiger partial charge in [0.25, 0.3) is 18.2 Å². The maximum Gasteiger partial charge on any atom is 0.280 e. The molecule has 0 aliphatic rings. The number of aromatic nitrogens is 4. The zero-order chi connectivity index (χ0) is 20.5. The Hall–Kier alpha value is -2.54. The molecule has 0 N–H and O–H groups in total. The number of rotatable bonds is 7. The van der Waals surface area contributed by atoms with Gasteiger partial charge in [-0.3, -0.25) is 0 Å². The summed E-state index contributed by atoms with van der Waals surface area (Å²) in [4.78, 5) is 8.23. The molecule has 1 unspecified atom stereocenters. The van der Waals surface area contributed by atoms with Gasteiger partial charge in [-0.2, -0.15) is 0 Å². The molecule has 0 saturated heterocycles. The van der Waals surface area contributed by atoms with Crippen LogP contribution in [0.15, 0.2) is 28.8 Å². The quantitative estimate of drug-likeness (QED) is 0.562. The summed E-state index contributed by atoms with van der Waals surface area (Å²) in [5.41, 5.74) is -0.537. The lowest BCUT2D eigenvalue weighted by Crippen LogP contribution is -2.30. The van der Waals surface area contributed by atoms with E-state index in [1.807, 2.05) is 0 Å². The van der Waals surface area contributed by atoms with Crippen LogP contribution >= 0.6 is 11.3 Å². The lowest BCUT2D eigenvalue weighted by atomic mass is 10.3. The first-order valence-electron chi connectivity index (χ1n) is 7.80. The molecule has 0 bridgehead atoms. The summed E-state index contributed by atoms with van der Waals surface area (Å²) in [6.45, 7) is 1.02. The van der Waals surface area contributed by atoms with E-state index in [0.717, 1.165) is 28.0 Å². The fourth-order valence-corrected chi connectivity index (χ4v) is 3.88. The van der Waals surface area contributed by atoms with E-state index in [1.165, 1.54) is 25.3 Å². The third kappa shape index (κ3) is 4.47. The van der Waals surface area contributed by atoms with Gasteiger partial charge in [0.2, 0.25) is 10.0 Å². The first kappa shape index (κ1) is 20.2. The van der Waals surface area contributed by atoms with Crippen LogP contribution < -0.4 is 4.31 Å². The monoisotopic (exact) mass is 433 g/mol. The summed E-state index contributed by atoms with van der Waals surface area (Å²) in [5, 5.41) is 7.63. The van der Waals surface area contributed by atoms with E-state index < -0.39 is 28.3 Å². The highest BCUT2D eigenvalue weighted by molar-refractivity contribution is 7.92. The molecule has 3 aromatic rings.